The predicted molar refractivity (Wildman–Crippen MR) is 75.0 cm³/mol. The number of rotatable bonds is 2. The van der Waals surface area contributed by atoms with Gasteiger partial charge in [0, 0.05) is 11.1 Å². The lowest BCUT2D eigenvalue weighted by Gasteiger charge is -2.11. The topological polar surface area (TPSA) is 135 Å². The van der Waals surface area contributed by atoms with E-state index >= 15 is 0 Å². The van der Waals surface area contributed by atoms with Crippen molar-refractivity contribution in [3.8, 4) is 0 Å². The van der Waals surface area contributed by atoms with Gasteiger partial charge in [-0.05, 0) is 24.7 Å². The van der Waals surface area contributed by atoms with Crippen LogP contribution in [0, 0.1) is 0 Å². The molecule has 1 aromatic carbocycles. The summed E-state index contributed by atoms with van der Waals surface area (Å²) in [5.41, 5.74) is -2.38. The molecule has 0 amide bonds. The summed E-state index contributed by atoms with van der Waals surface area (Å²) in [7, 11) is -1.31. The molecule has 5 N–H and O–H groups in total. The number of benzene rings is 1. The van der Waals surface area contributed by atoms with Gasteiger partial charge in [0.1, 0.15) is 0 Å². The Labute approximate surface area is 126 Å². The van der Waals surface area contributed by atoms with Gasteiger partial charge in [-0.2, -0.15) is 13.2 Å². The van der Waals surface area contributed by atoms with Gasteiger partial charge in [-0.15, -0.1) is 9.79 Å². The molecule has 2 aromatic rings. The molecule has 2 rings (SSSR count). The Balaban J connectivity index is 0.000000593. The molecule has 8 nitrogen and oxygen atoms in total. The Hall–Kier alpha value is -2.07. The highest BCUT2D eigenvalue weighted by atomic mass is 31.1. The zero-order valence-corrected chi connectivity index (χ0v) is 12.5. The largest absolute Gasteiger partial charge is 0.692 e. The summed E-state index contributed by atoms with van der Waals surface area (Å²) in [4.78, 5) is 41.1. The van der Waals surface area contributed by atoms with E-state index in [9.17, 15) is 22.8 Å². The molecule has 0 aliphatic carbocycles. The molecule has 0 fully saturated rings. The summed E-state index contributed by atoms with van der Waals surface area (Å²) in [5.74, 6) is 0. The maximum atomic E-state index is 12.7. The molecule has 1 heterocycles. The van der Waals surface area contributed by atoms with Crippen LogP contribution >= 0.6 is 8.25 Å². The molecule has 0 radical (unpaired) electrons. The van der Waals surface area contributed by atoms with Gasteiger partial charge in [0.25, 0.3) is 0 Å². The maximum absolute atomic E-state index is 12.7. The molecule has 12 heteroatoms. The lowest BCUT2D eigenvalue weighted by Crippen LogP contribution is -2.29. The van der Waals surface area contributed by atoms with E-state index in [1.807, 2.05) is 0 Å². The Morgan fingerprint density at radius 2 is 1.70 bits per heavy atom. The molecule has 0 unspecified atom stereocenters. The third-order valence-corrected chi connectivity index (χ3v) is 2.61. The van der Waals surface area contributed by atoms with Crippen molar-refractivity contribution in [3.05, 3.63) is 44.0 Å². The summed E-state index contributed by atoms with van der Waals surface area (Å²) in [5, 5.41) is 2.71. The fraction of sp³-hybridized carbons (Fsp3) is 0.273. The van der Waals surface area contributed by atoms with E-state index in [0.717, 1.165) is 12.1 Å². The van der Waals surface area contributed by atoms with Crippen LogP contribution in [-0.4, -0.2) is 26.8 Å². The van der Waals surface area contributed by atoms with Gasteiger partial charge in [-0.3, -0.25) is 9.59 Å². The Morgan fingerprint density at radius 3 is 2.17 bits per heavy atom. The van der Waals surface area contributed by atoms with E-state index in [0.29, 0.717) is 0 Å². The van der Waals surface area contributed by atoms with Crippen molar-refractivity contribution in [2.75, 3.05) is 7.05 Å². The van der Waals surface area contributed by atoms with Crippen LogP contribution in [0.4, 0.5) is 13.2 Å². The van der Waals surface area contributed by atoms with Crippen LogP contribution in [-0.2, 0) is 17.3 Å². The standard InChI is InChI=1S/C11H10F3N3O2.HO3P/c1-15-4-5-2-6(11(12,13)14)3-7-8(5)17-10(19)9(18)16-7;1-4(2)3/h2-3,15H,4H2,1H3,(H,16,18)(H,17,19);(H-,1,2,3)/p+1. The first-order valence-electron chi connectivity index (χ1n) is 5.92. The van der Waals surface area contributed by atoms with E-state index in [-0.39, 0.29) is 23.1 Å². The van der Waals surface area contributed by atoms with Crippen molar-refractivity contribution in [2.45, 2.75) is 12.7 Å². The molecular weight excluding hydrogens is 342 g/mol. The van der Waals surface area contributed by atoms with Gasteiger partial charge < -0.3 is 15.3 Å². The number of aromatic nitrogens is 2. The van der Waals surface area contributed by atoms with E-state index in [2.05, 4.69) is 15.3 Å². The highest BCUT2D eigenvalue weighted by molar-refractivity contribution is 7.30. The fourth-order valence-corrected chi connectivity index (χ4v) is 1.79. The van der Waals surface area contributed by atoms with E-state index in [1.54, 1.807) is 7.05 Å². The monoisotopic (exact) mass is 354 g/mol. The van der Waals surface area contributed by atoms with Gasteiger partial charge in [0.15, 0.2) is 0 Å². The number of hydrogen-bond acceptors (Lipinski definition) is 4. The number of halogens is 3. The van der Waals surface area contributed by atoms with E-state index in [1.165, 1.54) is 0 Å². The van der Waals surface area contributed by atoms with Crippen LogP contribution in [0.1, 0.15) is 11.1 Å². The third kappa shape index (κ3) is 5.25. The second kappa shape index (κ2) is 7.47. The first-order chi connectivity index (χ1) is 10.6. The molecule has 23 heavy (non-hydrogen) atoms. The van der Waals surface area contributed by atoms with Crippen molar-refractivity contribution in [3.63, 3.8) is 0 Å². The van der Waals surface area contributed by atoms with Crippen molar-refractivity contribution >= 4 is 19.3 Å². The smallest absolute Gasteiger partial charge is 0.316 e. The van der Waals surface area contributed by atoms with Gasteiger partial charge in [-0.1, -0.05) is 0 Å². The minimum Gasteiger partial charge on any atom is -0.316 e. The first-order valence-corrected chi connectivity index (χ1v) is 7.08. The van der Waals surface area contributed by atoms with Crippen LogP contribution in [0.3, 0.4) is 0 Å². The molecule has 0 saturated heterocycles. The van der Waals surface area contributed by atoms with Gasteiger partial charge in [0.2, 0.25) is 0 Å². The second-order valence-corrected chi connectivity index (χ2v) is 4.75. The second-order valence-electron chi connectivity index (χ2n) is 4.25. The predicted octanol–water partition coefficient (Wildman–Crippen LogP) is 0.583. The lowest BCUT2D eigenvalue weighted by molar-refractivity contribution is -0.137. The highest BCUT2D eigenvalue weighted by Gasteiger charge is 2.31. The molecule has 0 bridgehead atoms. The average Bonchev–Trinajstić information content (AvgIpc) is 2.39. The number of nitrogens with one attached hydrogen (secondary N) is 3. The van der Waals surface area contributed by atoms with E-state index in [4.69, 9.17) is 14.4 Å². The van der Waals surface area contributed by atoms with E-state index < -0.39 is 31.1 Å². The molecule has 0 atom stereocenters. The average molecular weight is 354 g/mol. The first kappa shape index (κ1) is 19.0. The molecular formula is C11H12F3N3O5P+. The molecule has 0 aliphatic heterocycles. The molecule has 0 saturated carbocycles. The lowest BCUT2D eigenvalue weighted by atomic mass is 10.1. The summed E-state index contributed by atoms with van der Waals surface area (Å²) in [6.07, 6.45) is -4.52. The Morgan fingerprint density at radius 1 is 1.17 bits per heavy atom. The number of alkyl halides is 3. The minimum atomic E-state index is -4.52. The number of aromatic amines is 2. The van der Waals surface area contributed by atoms with Gasteiger partial charge in [0.05, 0.1) is 16.6 Å². The normalized spacial score (nSPS) is 11.0. The number of H-pyrrole nitrogens is 2. The van der Waals surface area contributed by atoms with Gasteiger partial charge in [-0.25, -0.2) is 0 Å². The summed E-state index contributed by atoms with van der Waals surface area (Å²) in [6.45, 7) is 0.127. The molecule has 126 valence electrons. The van der Waals surface area contributed by atoms with Crippen LogP contribution in [0.2, 0.25) is 0 Å². The summed E-state index contributed by atoms with van der Waals surface area (Å²) < 4.78 is 46.9. The Bertz CT molecular complexity index is 826. The number of fused-ring (bicyclic) bond motifs is 1. The van der Waals surface area contributed by atoms with Crippen LogP contribution in [0.5, 0.6) is 0 Å². The number of hydrogen-bond donors (Lipinski definition) is 5. The fourth-order valence-electron chi connectivity index (χ4n) is 1.79. The molecule has 1 aromatic heterocycles. The third-order valence-electron chi connectivity index (χ3n) is 2.61. The minimum absolute atomic E-state index is 0.0512. The van der Waals surface area contributed by atoms with Crippen molar-refractivity contribution in [1.29, 1.82) is 0 Å². The highest BCUT2D eigenvalue weighted by Crippen LogP contribution is 2.31. The zero-order chi connectivity index (χ0) is 17.8. The Kier molecular flexibility index (Phi) is 6.16. The molecule has 0 aliphatic rings. The van der Waals surface area contributed by atoms with Crippen LogP contribution in [0.15, 0.2) is 21.7 Å². The molecule has 0 spiro atoms. The van der Waals surface area contributed by atoms with Crippen molar-refractivity contribution in [1.82, 2.24) is 15.3 Å². The van der Waals surface area contributed by atoms with Gasteiger partial charge >= 0.3 is 25.5 Å². The zero-order valence-electron chi connectivity index (χ0n) is 11.6. The maximum Gasteiger partial charge on any atom is 0.692 e. The quantitative estimate of drug-likeness (QED) is 0.396. The summed E-state index contributed by atoms with van der Waals surface area (Å²) >= 11 is 0. The van der Waals surface area contributed by atoms with Crippen LogP contribution in [0.25, 0.3) is 11.0 Å². The van der Waals surface area contributed by atoms with Crippen LogP contribution < -0.4 is 16.4 Å². The van der Waals surface area contributed by atoms with Crippen molar-refractivity contribution in [2.24, 2.45) is 0 Å². The summed E-state index contributed by atoms with van der Waals surface area (Å²) in [6, 6.07) is 1.74. The van der Waals surface area contributed by atoms with Crippen molar-refractivity contribution < 1.29 is 27.5 Å². The SMILES string of the molecule is CNCc1cc(C(F)(F)F)cc2[nH]c(=O)c(=O)[nH]c12.O=[P+](O)O.